The summed E-state index contributed by atoms with van der Waals surface area (Å²) in [5.41, 5.74) is 0.946. The Bertz CT molecular complexity index is 774. The topological polar surface area (TPSA) is 55.7 Å². The first-order chi connectivity index (χ1) is 12.4. The average Bonchev–Trinajstić information content (AvgIpc) is 2.96. The molecule has 3 atom stereocenters. The molecule has 8 heteroatoms. The normalized spacial score (nSPS) is 23.0. The first-order valence-electron chi connectivity index (χ1n) is 8.56. The Morgan fingerprint density at radius 2 is 2.08 bits per heavy atom. The van der Waals surface area contributed by atoms with E-state index in [9.17, 15) is 4.79 Å². The van der Waals surface area contributed by atoms with Crippen LogP contribution in [0.2, 0.25) is 10.0 Å². The van der Waals surface area contributed by atoms with Crippen molar-refractivity contribution in [2.24, 2.45) is 0 Å². The minimum Gasteiger partial charge on any atom is -0.364 e. The number of carbonyl (C=O) groups excluding carboxylic acids is 1. The fraction of sp³-hybridized carbons (Fsp3) is 0.444. The standard InChI is InChI=1S/C18H21Cl2N3O2S/c1-11-8-23(9-12(2)25-11)10-17(24)22-18-21-7-15(26-18)6-13-5-14(19)3-4-16(13)20/h3-5,7,11-12H,6,8-10H2,1-2H3,(H,21,22,24)/p+1/t11-,12+. The van der Waals surface area contributed by atoms with Gasteiger partial charge in [0.1, 0.15) is 25.3 Å². The van der Waals surface area contributed by atoms with Crippen molar-refractivity contribution >= 4 is 45.6 Å². The van der Waals surface area contributed by atoms with E-state index in [-0.39, 0.29) is 18.1 Å². The molecule has 140 valence electrons. The molecule has 0 aliphatic carbocycles. The molecule has 1 fully saturated rings. The van der Waals surface area contributed by atoms with E-state index in [1.165, 1.54) is 16.2 Å². The van der Waals surface area contributed by atoms with Gasteiger partial charge in [-0.25, -0.2) is 4.98 Å². The third-order valence-electron chi connectivity index (χ3n) is 4.20. The van der Waals surface area contributed by atoms with E-state index in [0.717, 1.165) is 23.5 Å². The second kappa shape index (κ2) is 8.67. The average molecular weight is 415 g/mol. The van der Waals surface area contributed by atoms with Crippen molar-refractivity contribution in [2.45, 2.75) is 32.5 Å². The number of ether oxygens (including phenoxy) is 1. The number of rotatable bonds is 5. The van der Waals surface area contributed by atoms with Crippen LogP contribution in [-0.4, -0.2) is 42.7 Å². The van der Waals surface area contributed by atoms with Crippen LogP contribution in [-0.2, 0) is 16.0 Å². The molecule has 0 bridgehead atoms. The number of nitrogens with one attached hydrogen (secondary N) is 2. The highest BCUT2D eigenvalue weighted by Gasteiger charge is 2.27. The lowest BCUT2D eigenvalue weighted by Gasteiger charge is -2.31. The van der Waals surface area contributed by atoms with Crippen molar-refractivity contribution in [2.75, 3.05) is 25.0 Å². The molecule has 1 unspecified atom stereocenters. The third kappa shape index (κ3) is 5.41. The monoisotopic (exact) mass is 414 g/mol. The summed E-state index contributed by atoms with van der Waals surface area (Å²) in [5, 5.41) is 4.83. The minimum atomic E-state index is -0.0250. The quantitative estimate of drug-likeness (QED) is 0.790. The Kier molecular flexibility index (Phi) is 6.53. The molecule has 2 aromatic rings. The maximum absolute atomic E-state index is 12.3. The van der Waals surface area contributed by atoms with Gasteiger partial charge in [-0.3, -0.25) is 10.1 Å². The van der Waals surface area contributed by atoms with Crippen molar-refractivity contribution in [1.82, 2.24) is 4.98 Å². The number of amides is 1. The highest BCUT2D eigenvalue weighted by molar-refractivity contribution is 7.15. The lowest BCUT2D eigenvalue weighted by Crippen LogP contribution is -3.16. The Balaban J connectivity index is 1.56. The van der Waals surface area contributed by atoms with Crippen LogP contribution in [0.1, 0.15) is 24.3 Å². The summed E-state index contributed by atoms with van der Waals surface area (Å²) in [5.74, 6) is -0.0250. The minimum absolute atomic E-state index is 0.0250. The lowest BCUT2D eigenvalue weighted by molar-refractivity contribution is -0.907. The second-order valence-corrected chi connectivity index (χ2v) is 8.64. The summed E-state index contributed by atoms with van der Waals surface area (Å²) in [7, 11) is 0. The zero-order valence-electron chi connectivity index (χ0n) is 14.7. The van der Waals surface area contributed by atoms with Crippen LogP contribution in [0.5, 0.6) is 0 Å². The van der Waals surface area contributed by atoms with E-state index in [1.54, 1.807) is 18.3 Å². The predicted octanol–water partition coefficient (Wildman–Crippen LogP) is 2.67. The number of quaternary nitrogens is 1. The number of nitrogens with zero attached hydrogens (tertiary/aromatic N) is 1. The summed E-state index contributed by atoms with van der Waals surface area (Å²) >= 11 is 13.7. The molecule has 1 amide bonds. The van der Waals surface area contributed by atoms with Gasteiger partial charge in [-0.1, -0.05) is 23.2 Å². The Labute approximate surface area is 167 Å². The van der Waals surface area contributed by atoms with Gasteiger partial charge in [0.15, 0.2) is 11.7 Å². The van der Waals surface area contributed by atoms with Gasteiger partial charge in [0.05, 0.1) is 0 Å². The van der Waals surface area contributed by atoms with Crippen molar-refractivity contribution in [1.29, 1.82) is 0 Å². The van der Waals surface area contributed by atoms with Crippen LogP contribution in [0.3, 0.4) is 0 Å². The molecule has 5 nitrogen and oxygen atoms in total. The van der Waals surface area contributed by atoms with E-state index in [1.807, 2.05) is 19.9 Å². The van der Waals surface area contributed by atoms with Crippen LogP contribution in [0.4, 0.5) is 5.13 Å². The van der Waals surface area contributed by atoms with E-state index in [2.05, 4.69) is 10.3 Å². The summed E-state index contributed by atoms with van der Waals surface area (Å²) in [6, 6.07) is 5.41. The summed E-state index contributed by atoms with van der Waals surface area (Å²) in [6.07, 6.45) is 2.76. The number of carbonyl (C=O) groups is 1. The maximum atomic E-state index is 12.3. The molecule has 3 rings (SSSR count). The van der Waals surface area contributed by atoms with Crippen molar-refractivity contribution in [3.63, 3.8) is 0 Å². The number of hydrogen-bond donors (Lipinski definition) is 2. The van der Waals surface area contributed by atoms with Crippen LogP contribution in [0.15, 0.2) is 24.4 Å². The highest BCUT2D eigenvalue weighted by atomic mass is 35.5. The van der Waals surface area contributed by atoms with Gasteiger partial charge in [0, 0.05) is 27.5 Å². The summed E-state index contributed by atoms with van der Waals surface area (Å²) in [4.78, 5) is 18.9. The smallest absolute Gasteiger partial charge is 0.281 e. The van der Waals surface area contributed by atoms with Crippen molar-refractivity contribution in [3.8, 4) is 0 Å². The highest BCUT2D eigenvalue weighted by Crippen LogP contribution is 2.26. The molecule has 0 radical (unpaired) electrons. The molecular weight excluding hydrogens is 393 g/mol. The van der Waals surface area contributed by atoms with E-state index < -0.39 is 0 Å². The number of thiazole rings is 1. The van der Waals surface area contributed by atoms with Gasteiger partial charge in [-0.2, -0.15) is 0 Å². The Morgan fingerprint density at radius 3 is 2.81 bits per heavy atom. The van der Waals surface area contributed by atoms with Gasteiger partial charge in [-0.15, -0.1) is 11.3 Å². The lowest BCUT2D eigenvalue weighted by atomic mass is 10.1. The van der Waals surface area contributed by atoms with Gasteiger partial charge >= 0.3 is 0 Å². The summed E-state index contributed by atoms with van der Waals surface area (Å²) in [6.45, 7) is 6.19. The Hall–Kier alpha value is -1.18. The van der Waals surface area contributed by atoms with Gasteiger partial charge in [0.25, 0.3) is 5.91 Å². The van der Waals surface area contributed by atoms with E-state index in [4.69, 9.17) is 27.9 Å². The molecule has 0 saturated carbocycles. The molecule has 0 spiro atoms. The number of benzene rings is 1. The molecule has 1 aromatic carbocycles. The largest absolute Gasteiger partial charge is 0.364 e. The van der Waals surface area contributed by atoms with E-state index >= 15 is 0 Å². The number of aromatic nitrogens is 1. The van der Waals surface area contributed by atoms with Crippen LogP contribution in [0.25, 0.3) is 0 Å². The van der Waals surface area contributed by atoms with Gasteiger partial charge in [-0.05, 0) is 37.6 Å². The fourth-order valence-electron chi connectivity index (χ4n) is 3.24. The number of morpholine rings is 1. The van der Waals surface area contributed by atoms with Crippen molar-refractivity contribution < 1.29 is 14.4 Å². The number of halogens is 2. The molecule has 2 heterocycles. The number of anilines is 1. The number of hydrogen-bond acceptors (Lipinski definition) is 4. The molecule has 26 heavy (non-hydrogen) atoms. The first-order valence-corrected chi connectivity index (χ1v) is 10.1. The first kappa shape index (κ1) is 19.6. The molecule has 1 saturated heterocycles. The van der Waals surface area contributed by atoms with Gasteiger partial charge < -0.3 is 9.64 Å². The zero-order valence-corrected chi connectivity index (χ0v) is 17.0. The molecular formula is C18H22Cl2N3O2S+. The van der Waals surface area contributed by atoms with Crippen LogP contribution >= 0.6 is 34.5 Å². The zero-order chi connectivity index (χ0) is 18.7. The summed E-state index contributed by atoms with van der Waals surface area (Å²) < 4.78 is 5.71. The molecule has 1 aliphatic rings. The van der Waals surface area contributed by atoms with Crippen molar-refractivity contribution in [3.05, 3.63) is 44.9 Å². The molecule has 1 aliphatic heterocycles. The van der Waals surface area contributed by atoms with E-state index in [0.29, 0.717) is 28.1 Å². The molecule has 1 aromatic heterocycles. The predicted molar refractivity (Wildman–Crippen MR) is 106 cm³/mol. The van der Waals surface area contributed by atoms with Crippen LogP contribution in [0, 0.1) is 0 Å². The third-order valence-corrected chi connectivity index (χ3v) is 5.72. The maximum Gasteiger partial charge on any atom is 0.281 e. The second-order valence-electron chi connectivity index (χ2n) is 6.68. The Morgan fingerprint density at radius 1 is 1.35 bits per heavy atom. The SMILES string of the molecule is C[C@@H]1C[NH+](CC(=O)Nc2ncc(Cc3cc(Cl)ccc3Cl)s2)C[C@H](C)O1. The molecule has 2 N–H and O–H groups in total. The fourth-order valence-corrected chi connectivity index (χ4v) is 4.47. The van der Waals surface area contributed by atoms with Crippen LogP contribution < -0.4 is 10.2 Å². The van der Waals surface area contributed by atoms with Gasteiger partial charge in [0.2, 0.25) is 0 Å².